The molecule has 0 aliphatic heterocycles. The molecule has 0 aliphatic carbocycles. The topological polar surface area (TPSA) is 66.8 Å². The molecule has 1 rings (SSSR count). The number of nitrogens with zero attached hydrogens (tertiary/aromatic N) is 1. The van der Waals surface area contributed by atoms with Gasteiger partial charge < -0.3 is 14.7 Å². The minimum Gasteiger partial charge on any atom is -0.493 e. The van der Waals surface area contributed by atoms with E-state index in [1.54, 1.807) is 0 Å². The summed E-state index contributed by atoms with van der Waals surface area (Å²) in [6, 6.07) is 5.86. The van der Waals surface area contributed by atoms with Gasteiger partial charge >= 0.3 is 5.97 Å². The zero-order valence-electron chi connectivity index (χ0n) is 12.9. The summed E-state index contributed by atoms with van der Waals surface area (Å²) in [7, 11) is 0. The van der Waals surface area contributed by atoms with Crippen LogP contribution in [0.3, 0.4) is 0 Å². The molecule has 0 spiro atoms. The van der Waals surface area contributed by atoms with Gasteiger partial charge in [0.25, 0.3) is 0 Å². The molecule has 0 saturated carbocycles. The van der Waals surface area contributed by atoms with Gasteiger partial charge in [0, 0.05) is 6.54 Å². The van der Waals surface area contributed by atoms with Crippen molar-refractivity contribution in [2.24, 2.45) is 0 Å². The Morgan fingerprint density at radius 3 is 2.57 bits per heavy atom. The van der Waals surface area contributed by atoms with Gasteiger partial charge in [-0.2, -0.15) is 0 Å². The Labute approximate surface area is 125 Å². The molecule has 21 heavy (non-hydrogen) atoms. The van der Waals surface area contributed by atoms with Crippen LogP contribution in [-0.4, -0.2) is 41.6 Å². The molecule has 0 fully saturated rings. The van der Waals surface area contributed by atoms with Crippen molar-refractivity contribution in [2.75, 3.05) is 19.7 Å². The van der Waals surface area contributed by atoms with Crippen molar-refractivity contribution in [1.29, 1.82) is 0 Å². The molecule has 1 N–H and O–H groups in total. The maximum atomic E-state index is 12.0. The summed E-state index contributed by atoms with van der Waals surface area (Å²) in [5.74, 6) is -0.426. The van der Waals surface area contributed by atoms with Gasteiger partial charge in [0.15, 0.2) is 0 Å². The Morgan fingerprint density at radius 2 is 2.00 bits per heavy atom. The average molecular weight is 293 g/mol. The highest BCUT2D eigenvalue weighted by atomic mass is 16.5. The summed E-state index contributed by atoms with van der Waals surface area (Å²) in [6.45, 7) is 6.33. The number of ether oxygens (including phenoxy) is 1. The lowest BCUT2D eigenvalue weighted by atomic mass is 10.1. The Balaban J connectivity index is 2.49. The molecule has 5 nitrogen and oxygen atoms in total. The van der Waals surface area contributed by atoms with Gasteiger partial charge in [-0.15, -0.1) is 0 Å². The summed E-state index contributed by atoms with van der Waals surface area (Å²) in [5, 5.41) is 8.80. The van der Waals surface area contributed by atoms with E-state index in [-0.39, 0.29) is 25.5 Å². The van der Waals surface area contributed by atoms with Crippen LogP contribution in [0.5, 0.6) is 5.75 Å². The standard InChI is InChI=1S/C16H23NO4/c1-4-8-17(11-16(19)20)15(18)7-9-21-14-6-5-12(2)10-13(14)3/h5-6,10H,4,7-9,11H2,1-3H3,(H,19,20). The van der Waals surface area contributed by atoms with E-state index in [2.05, 4.69) is 0 Å². The number of rotatable bonds is 8. The van der Waals surface area contributed by atoms with E-state index in [9.17, 15) is 9.59 Å². The van der Waals surface area contributed by atoms with Gasteiger partial charge in [-0.05, 0) is 31.9 Å². The SMILES string of the molecule is CCCN(CC(=O)O)C(=O)CCOc1ccc(C)cc1C. The fourth-order valence-electron chi connectivity index (χ4n) is 2.09. The quantitative estimate of drug-likeness (QED) is 0.799. The predicted octanol–water partition coefficient (Wildman–Crippen LogP) is 2.40. The van der Waals surface area contributed by atoms with Crippen LogP contribution in [0.15, 0.2) is 18.2 Å². The average Bonchev–Trinajstić information content (AvgIpc) is 2.40. The normalized spacial score (nSPS) is 10.2. The van der Waals surface area contributed by atoms with E-state index in [0.29, 0.717) is 6.54 Å². The molecule has 1 amide bonds. The number of amides is 1. The van der Waals surface area contributed by atoms with Crippen LogP contribution in [0.25, 0.3) is 0 Å². The highest BCUT2D eigenvalue weighted by molar-refractivity contribution is 5.81. The number of benzene rings is 1. The van der Waals surface area contributed by atoms with Crippen LogP contribution in [0.4, 0.5) is 0 Å². The van der Waals surface area contributed by atoms with E-state index in [0.717, 1.165) is 23.3 Å². The minimum atomic E-state index is -0.993. The van der Waals surface area contributed by atoms with Gasteiger partial charge in [0.1, 0.15) is 12.3 Å². The Bertz CT molecular complexity index is 499. The number of aryl methyl sites for hydroxylation is 2. The fourth-order valence-corrected chi connectivity index (χ4v) is 2.09. The van der Waals surface area contributed by atoms with Crippen molar-refractivity contribution in [3.63, 3.8) is 0 Å². The van der Waals surface area contributed by atoms with Gasteiger partial charge in [0.05, 0.1) is 13.0 Å². The zero-order valence-corrected chi connectivity index (χ0v) is 12.9. The molecule has 0 atom stereocenters. The maximum absolute atomic E-state index is 12.0. The zero-order chi connectivity index (χ0) is 15.8. The molecule has 116 valence electrons. The lowest BCUT2D eigenvalue weighted by Gasteiger charge is -2.20. The first-order valence-electron chi connectivity index (χ1n) is 7.13. The Kier molecular flexibility index (Phi) is 6.72. The molecule has 0 radical (unpaired) electrons. The highest BCUT2D eigenvalue weighted by Crippen LogP contribution is 2.18. The second-order valence-corrected chi connectivity index (χ2v) is 5.08. The van der Waals surface area contributed by atoms with Gasteiger partial charge in [0.2, 0.25) is 5.91 Å². The number of carbonyl (C=O) groups excluding carboxylic acids is 1. The molecule has 5 heteroatoms. The van der Waals surface area contributed by atoms with E-state index in [4.69, 9.17) is 9.84 Å². The van der Waals surface area contributed by atoms with Crippen LogP contribution in [0.2, 0.25) is 0 Å². The molecule has 1 aromatic rings. The van der Waals surface area contributed by atoms with Gasteiger partial charge in [-0.25, -0.2) is 0 Å². The molecule has 0 bridgehead atoms. The first-order valence-corrected chi connectivity index (χ1v) is 7.13. The molecular weight excluding hydrogens is 270 g/mol. The molecule has 0 aromatic heterocycles. The molecule has 0 heterocycles. The first-order chi connectivity index (χ1) is 9.93. The smallest absolute Gasteiger partial charge is 0.323 e. The molecule has 0 unspecified atom stereocenters. The van der Waals surface area contributed by atoms with Crippen LogP contribution in [0.1, 0.15) is 30.9 Å². The van der Waals surface area contributed by atoms with Gasteiger partial charge in [-0.1, -0.05) is 24.6 Å². The van der Waals surface area contributed by atoms with Crippen LogP contribution in [0, 0.1) is 13.8 Å². The van der Waals surface area contributed by atoms with Crippen molar-refractivity contribution in [1.82, 2.24) is 4.90 Å². The highest BCUT2D eigenvalue weighted by Gasteiger charge is 2.15. The van der Waals surface area contributed by atoms with Crippen molar-refractivity contribution < 1.29 is 19.4 Å². The fraction of sp³-hybridized carbons (Fsp3) is 0.500. The summed E-state index contributed by atoms with van der Waals surface area (Å²) >= 11 is 0. The number of aliphatic carboxylic acids is 1. The van der Waals surface area contributed by atoms with Crippen LogP contribution in [-0.2, 0) is 9.59 Å². The number of carboxylic acid groups (broad SMARTS) is 1. The van der Waals surface area contributed by atoms with E-state index >= 15 is 0 Å². The Morgan fingerprint density at radius 1 is 1.29 bits per heavy atom. The minimum absolute atomic E-state index is 0.181. The van der Waals surface area contributed by atoms with Crippen molar-refractivity contribution >= 4 is 11.9 Å². The van der Waals surface area contributed by atoms with Crippen molar-refractivity contribution in [3.05, 3.63) is 29.3 Å². The molecule has 0 saturated heterocycles. The number of carboxylic acids is 1. The lowest BCUT2D eigenvalue weighted by molar-refractivity contribution is -0.144. The van der Waals surface area contributed by atoms with Crippen molar-refractivity contribution in [3.8, 4) is 5.75 Å². The Hall–Kier alpha value is -2.04. The molecule has 0 aliphatic rings. The second kappa shape index (κ2) is 8.29. The van der Waals surface area contributed by atoms with E-state index in [1.165, 1.54) is 4.90 Å². The third-order valence-corrected chi connectivity index (χ3v) is 3.08. The first kappa shape index (κ1) is 17.0. The van der Waals surface area contributed by atoms with Crippen LogP contribution < -0.4 is 4.74 Å². The van der Waals surface area contributed by atoms with E-state index in [1.807, 2.05) is 39.0 Å². The number of carbonyl (C=O) groups is 2. The second-order valence-electron chi connectivity index (χ2n) is 5.08. The number of hydrogen-bond donors (Lipinski definition) is 1. The van der Waals surface area contributed by atoms with Gasteiger partial charge in [-0.3, -0.25) is 9.59 Å². The van der Waals surface area contributed by atoms with E-state index < -0.39 is 5.97 Å². The monoisotopic (exact) mass is 293 g/mol. The lowest BCUT2D eigenvalue weighted by Crippen LogP contribution is -2.36. The summed E-state index contributed by atoms with van der Waals surface area (Å²) in [6.07, 6.45) is 0.914. The predicted molar refractivity (Wildman–Crippen MR) is 80.5 cm³/mol. The summed E-state index contributed by atoms with van der Waals surface area (Å²) in [5.41, 5.74) is 2.19. The summed E-state index contributed by atoms with van der Waals surface area (Å²) < 4.78 is 5.60. The third kappa shape index (κ3) is 5.85. The summed E-state index contributed by atoms with van der Waals surface area (Å²) in [4.78, 5) is 24.1. The molecular formula is C16H23NO4. The third-order valence-electron chi connectivity index (χ3n) is 3.08. The molecule has 1 aromatic carbocycles. The van der Waals surface area contributed by atoms with Crippen LogP contribution >= 0.6 is 0 Å². The van der Waals surface area contributed by atoms with Crippen molar-refractivity contribution in [2.45, 2.75) is 33.6 Å². The maximum Gasteiger partial charge on any atom is 0.323 e. The largest absolute Gasteiger partial charge is 0.493 e. The number of hydrogen-bond acceptors (Lipinski definition) is 3.